The number of esters is 1. The third kappa shape index (κ3) is 6.01. The first-order valence-corrected chi connectivity index (χ1v) is 8.60. The Kier molecular flexibility index (Phi) is 7.21. The van der Waals surface area contributed by atoms with Crippen molar-refractivity contribution in [3.05, 3.63) is 58.6 Å². The molecule has 2 aromatic carbocycles. The zero-order chi connectivity index (χ0) is 19.8. The van der Waals surface area contributed by atoms with Gasteiger partial charge < -0.3 is 14.8 Å². The molecule has 27 heavy (non-hydrogen) atoms. The Bertz CT molecular complexity index is 859. The molecule has 0 saturated heterocycles. The van der Waals surface area contributed by atoms with Crippen molar-refractivity contribution in [3.8, 4) is 17.6 Å². The van der Waals surface area contributed by atoms with Gasteiger partial charge in [-0.05, 0) is 41.8 Å². The van der Waals surface area contributed by atoms with E-state index in [0.29, 0.717) is 28.5 Å². The van der Waals surface area contributed by atoms with Crippen LogP contribution < -0.4 is 14.8 Å². The summed E-state index contributed by atoms with van der Waals surface area (Å²) in [5, 5.41) is 12.6. The maximum absolute atomic E-state index is 12.2. The van der Waals surface area contributed by atoms with Gasteiger partial charge in [0.05, 0.1) is 13.2 Å². The number of amides is 1. The predicted molar refractivity (Wildman–Crippen MR) is 101 cm³/mol. The number of benzene rings is 2. The molecule has 0 aliphatic rings. The fraction of sp³-hybridized carbons (Fsp3) is 0.250. The molecule has 2 aromatic rings. The maximum Gasteiger partial charge on any atom is 0.308 e. The Morgan fingerprint density at radius 1 is 1.19 bits per heavy atom. The molecule has 0 heterocycles. The number of nitriles is 1. The standard InChI is InChI=1S/C20H19ClN2O4/c1-13(24)27-18-9-3-14(11-19(18)26-2)4-10-20(25)23-17(12-22)15-5-7-16(21)8-6-15/h3,5-9,11,17H,4,10H2,1-2H3,(H,23,25). The van der Waals surface area contributed by atoms with Crippen LogP contribution in [0.5, 0.6) is 11.5 Å². The number of halogens is 1. The molecule has 0 spiro atoms. The van der Waals surface area contributed by atoms with E-state index in [4.69, 9.17) is 21.1 Å². The van der Waals surface area contributed by atoms with E-state index in [1.54, 1.807) is 42.5 Å². The molecule has 0 saturated carbocycles. The number of ether oxygens (including phenoxy) is 2. The van der Waals surface area contributed by atoms with Crippen LogP contribution in [0.4, 0.5) is 0 Å². The topological polar surface area (TPSA) is 88.4 Å². The van der Waals surface area contributed by atoms with Gasteiger partial charge in [0.1, 0.15) is 6.04 Å². The largest absolute Gasteiger partial charge is 0.493 e. The minimum Gasteiger partial charge on any atom is -0.493 e. The first-order chi connectivity index (χ1) is 12.9. The van der Waals surface area contributed by atoms with Crippen molar-refractivity contribution in [3.63, 3.8) is 0 Å². The lowest BCUT2D eigenvalue weighted by Crippen LogP contribution is -2.27. The highest BCUT2D eigenvalue weighted by Gasteiger charge is 2.14. The van der Waals surface area contributed by atoms with E-state index in [2.05, 4.69) is 11.4 Å². The Morgan fingerprint density at radius 3 is 2.48 bits per heavy atom. The summed E-state index contributed by atoms with van der Waals surface area (Å²) < 4.78 is 10.3. The van der Waals surface area contributed by atoms with E-state index in [1.807, 2.05) is 0 Å². The molecule has 1 amide bonds. The van der Waals surface area contributed by atoms with Crippen LogP contribution >= 0.6 is 11.6 Å². The molecule has 0 fully saturated rings. The summed E-state index contributed by atoms with van der Waals surface area (Å²) in [7, 11) is 1.47. The van der Waals surface area contributed by atoms with Crippen LogP contribution in [-0.4, -0.2) is 19.0 Å². The molecule has 140 valence electrons. The highest BCUT2D eigenvalue weighted by molar-refractivity contribution is 6.30. The Labute approximate surface area is 162 Å². The molecular weight excluding hydrogens is 368 g/mol. The smallest absolute Gasteiger partial charge is 0.308 e. The first kappa shape index (κ1) is 20.3. The van der Waals surface area contributed by atoms with Crippen molar-refractivity contribution in [1.29, 1.82) is 5.26 Å². The second-order valence-corrected chi connectivity index (χ2v) is 6.20. The summed E-state index contributed by atoms with van der Waals surface area (Å²) in [5.41, 5.74) is 1.51. The van der Waals surface area contributed by atoms with Gasteiger partial charge in [-0.3, -0.25) is 9.59 Å². The van der Waals surface area contributed by atoms with Gasteiger partial charge >= 0.3 is 5.97 Å². The monoisotopic (exact) mass is 386 g/mol. The third-order valence-corrected chi connectivity index (χ3v) is 4.01. The number of nitrogens with one attached hydrogen (secondary N) is 1. The van der Waals surface area contributed by atoms with E-state index in [-0.39, 0.29) is 12.3 Å². The number of rotatable bonds is 7. The van der Waals surface area contributed by atoms with Crippen molar-refractivity contribution in [2.75, 3.05) is 7.11 Å². The van der Waals surface area contributed by atoms with Crippen LogP contribution in [0.3, 0.4) is 0 Å². The van der Waals surface area contributed by atoms with Crippen molar-refractivity contribution >= 4 is 23.5 Å². The minimum atomic E-state index is -0.740. The van der Waals surface area contributed by atoms with E-state index in [0.717, 1.165) is 5.56 Å². The van der Waals surface area contributed by atoms with Gasteiger partial charge in [0.25, 0.3) is 0 Å². The van der Waals surface area contributed by atoms with Crippen molar-refractivity contribution < 1.29 is 19.1 Å². The number of hydrogen-bond acceptors (Lipinski definition) is 5. The highest BCUT2D eigenvalue weighted by Crippen LogP contribution is 2.28. The quantitative estimate of drug-likeness (QED) is 0.580. The van der Waals surface area contributed by atoms with Crippen LogP contribution in [0.15, 0.2) is 42.5 Å². The Balaban J connectivity index is 1.97. The molecule has 1 atom stereocenters. The summed E-state index contributed by atoms with van der Waals surface area (Å²) in [6, 6.07) is 13.2. The van der Waals surface area contributed by atoms with E-state index in [9.17, 15) is 14.9 Å². The van der Waals surface area contributed by atoms with E-state index in [1.165, 1.54) is 14.0 Å². The average molecular weight is 387 g/mol. The van der Waals surface area contributed by atoms with Crippen LogP contribution in [0, 0.1) is 11.3 Å². The van der Waals surface area contributed by atoms with Crippen LogP contribution in [0.2, 0.25) is 5.02 Å². The average Bonchev–Trinajstić information content (AvgIpc) is 2.65. The number of aryl methyl sites for hydroxylation is 1. The molecule has 7 heteroatoms. The molecule has 1 N–H and O–H groups in total. The van der Waals surface area contributed by atoms with Crippen molar-refractivity contribution in [2.24, 2.45) is 0 Å². The van der Waals surface area contributed by atoms with Crippen molar-refractivity contribution in [1.82, 2.24) is 5.32 Å². The number of carbonyl (C=O) groups is 2. The van der Waals surface area contributed by atoms with Gasteiger partial charge in [-0.2, -0.15) is 5.26 Å². The van der Waals surface area contributed by atoms with Gasteiger partial charge in [0.2, 0.25) is 5.91 Å². The highest BCUT2D eigenvalue weighted by atomic mass is 35.5. The second kappa shape index (κ2) is 9.60. The lowest BCUT2D eigenvalue weighted by molar-refractivity contribution is -0.132. The Morgan fingerprint density at radius 2 is 1.89 bits per heavy atom. The number of hydrogen-bond donors (Lipinski definition) is 1. The van der Waals surface area contributed by atoms with Crippen LogP contribution in [0.1, 0.15) is 30.5 Å². The van der Waals surface area contributed by atoms with Gasteiger partial charge in [0.15, 0.2) is 11.5 Å². The summed E-state index contributed by atoms with van der Waals surface area (Å²) >= 11 is 5.84. The van der Waals surface area contributed by atoms with Gasteiger partial charge in [0, 0.05) is 18.4 Å². The third-order valence-electron chi connectivity index (χ3n) is 3.76. The summed E-state index contributed by atoms with van der Waals surface area (Å²) in [4.78, 5) is 23.3. The van der Waals surface area contributed by atoms with Crippen LogP contribution in [-0.2, 0) is 16.0 Å². The first-order valence-electron chi connectivity index (χ1n) is 8.22. The summed E-state index contributed by atoms with van der Waals surface area (Å²) in [5.74, 6) is 0.0503. The number of carbonyl (C=O) groups excluding carboxylic acids is 2. The fourth-order valence-corrected chi connectivity index (χ4v) is 2.57. The second-order valence-electron chi connectivity index (χ2n) is 5.76. The van der Waals surface area contributed by atoms with Gasteiger partial charge in [-0.1, -0.05) is 29.8 Å². The van der Waals surface area contributed by atoms with Crippen LogP contribution in [0.25, 0.3) is 0 Å². The lowest BCUT2D eigenvalue weighted by atomic mass is 10.1. The van der Waals surface area contributed by atoms with Gasteiger partial charge in [-0.15, -0.1) is 0 Å². The SMILES string of the molecule is COc1cc(CCC(=O)NC(C#N)c2ccc(Cl)cc2)ccc1OC(C)=O. The number of nitrogens with zero attached hydrogens (tertiary/aromatic N) is 1. The minimum absolute atomic E-state index is 0.196. The molecule has 6 nitrogen and oxygen atoms in total. The molecule has 0 radical (unpaired) electrons. The van der Waals surface area contributed by atoms with Gasteiger partial charge in [-0.25, -0.2) is 0 Å². The maximum atomic E-state index is 12.2. The molecule has 0 bridgehead atoms. The van der Waals surface area contributed by atoms with E-state index < -0.39 is 12.0 Å². The zero-order valence-electron chi connectivity index (χ0n) is 15.0. The Hall–Kier alpha value is -3.04. The molecular formula is C20H19ClN2O4. The normalized spacial score (nSPS) is 11.2. The molecule has 1 unspecified atom stereocenters. The predicted octanol–water partition coefficient (Wildman–Crippen LogP) is 3.59. The molecule has 0 aliphatic heterocycles. The molecule has 0 aliphatic carbocycles. The summed E-state index contributed by atoms with van der Waals surface area (Å²) in [6.45, 7) is 1.31. The molecule has 0 aromatic heterocycles. The lowest BCUT2D eigenvalue weighted by Gasteiger charge is -2.13. The molecule has 2 rings (SSSR count). The fourth-order valence-electron chi connectivity index (χ4n) is 2.44. The summed E-state index contributed by atoms with van der Waals surface area (Å²) in [6.07, 6.45) is 0.642. The number of methoxy groups -OCH3 is 1. The zero-order valence-corrected chi connectivity index (χ0v) is 15.7. The van der Waals surface area contributed by atoms with Crippen molar-refractivity contribution in [2.45, 2.75) is 25.8 Å². The van der Waals surface area contributed by atoms with E-state index >= 15 is 0 Å².